The largest absolute Gasteiger partial charge is 0.396 e. The van der Waals surface area contributed by atoms with Crippen molar-refractivity contribution in [2.24, 2.45) is 11.3 Å². The van der Waals surface area contributed by atoms with E-state index in [4.69, 9.17) is 0 Å². The number of halogens is 2. The SMILES string of the molecule is CS(=O)(=O)c1ccc(N2CC3CNCC3(CO)C2)nc1.Cl.Cl. The molecule has 2 saturated heterocycles. The van der Waals surface area contributed by atoms with E-state index in [1.807, 2.05) is 0 Å². The number of aromatic nitrogens is 1. The molecule has 3 heterocycles. The Balaban J connectivity index is 0.00000121. The Morgan fingerprint density at radius 3 is 2.68 bits per heavy atom. The van der Waals surface area contributed by atoms with Gasteiger partial charge in [0, 0.05) is 44.0 Å². The van der Waals surface area contributed by atoms with Gasteiger partial charge in [0.1, 0.15) is 5.82 Å². The van der Waals surface area contributed by atoms with Crippen LogP contribution in [0, 0.1) is 11.3 Å². The molecule has 2 fully saturated rings. The van der Waals surface area contributed by atoms with Gasteiger partial charge in [-0.3, -0.25) is 0 Å². The predicted octanol–water partition coefficient (Wildman–Crippen LogP) is 0.347. The van der Waals surface area contributed by atoms with E-state index in [1.54, 1.807) is 12.1 Å². The van der Waals surface area contributed by atoms with Crippen molar-refractivity contribution in [1.29, 1.82) is 0 Å². The molecule has 1 aromatic heterocycles. The standard InChI is InChI=1S/C13H19N3O3S.2ClH/c1-20(18,19)11-2-3-12(15-5-11)16-6-10-4-14-7-13(10,8-16)9-17;;/h2-3,5,10,14,17H,4,6-9H2,1H3;2*1H. The van der Waals surface area contributed by atoms with Crippen LogP contribution >= 0.6 is 24.8 Å². The zero-order chi connectivity index (χ0) is 14.4. The number of rotatable bonds is 3. The van der Waals surface area contributed by atoms with Gasteiger partial charge in [-0.25, -0.2) is 13.4 Å². The second-order valence-electron chi connectivity index (χ2n) is 5.85. The van der Waals surface area contributed by atoms with Crippen LogP contribution in [0.15, 0.2) is 23.2 Å². The Morgan fingerprint density at radius 1 is 1.45 bits per heavy atom. The summed E-state index contributed by atoms with van der Waals surface area (Å²) in [4.78, 5) is 6.63. The number of fused-ring (bicyclic) bond motifs is 1. The van der Waals surface area contributed by atoms with Gasteiger partial charge in [-0.15, -0.1) is 24.8 Å². The number of aliphatic hydroxyl groups excluding tert-OH is 1. The summed E-state index contributed by atoms with van der Waals surface area (Å²) >= 11 is 0. The van der Waals surface area contributed by atoms with Gasteiger partial charge in [-0.1, -0.05) is 0 Å². The van der Waals surface area contributed by atoms with E-state index in [0.29, 0.717) is 5.92 Å². The molecular weight excluding hydrogens is 349 g/mol. The van der Waals surface area contributed by atoms with Crippen molar-refractivity contribution in [2.45, 2.75) is 4.90 Å². The van der Waals surface area contributed by atoms with Crippen molar-refractivity contribution in [3.05, 3.63) is 18.3 Å². The number of hydrogen-bond donors (Lipinski definition) is 2. The normalized spacial score (nSPS) is 27.0. The Kier molecular flexibility index (Phi) is 6.08. The minimum Gasteiger partial charge on any atom is -0.396 e. The number of nitrogens with zero attached hydrogens (tertiary/aromatic N) is 2. The minimum atomic E-state index is -3.21. The number of sulfone groups is 1. The summed E-state index contributed by atoms with van der Waals surface area (Å²) in [6.07, 6.45) is 2.58. The number of aliphatic hydroxyl groups is 1. The number of nitrogens with one attached hydrogen (secondary N) is 1. The van der Waals surface area contributed by atoms with E-state index in [-0.39, 0.29) is 41.7 Å². The lowest BCUT2D eigenvalue weighted by molar-refractivity contribution is 0.135. The third kappa shape index (κ3) is 3.33. The highest BCUT2D eigenvalue weighted by atomic mass is 35.5. The van der Waals surface area contributed by atoms with Crippen LogP contribution in [-0.4, -0.2) is 57.5 Å². The fraction of sp³-hybridized carbons (Fsp3) is 0.615. The van der Waals surface area contributed by atoms with E-state index in [2.05, 4.69) is 15.2 Å². The maximum absolute atomic E-state index is 11.4. The molecule has 2 N–H and O–H groups in total. The summed E-state index contributed by atoms with van der Waals surface area (Å²) < 4.78 is 22.9. The lowest BCUT2D eigenvalue weighted by Crippen LogP contribution is -2.36. The van der Waals surface area contributed by atoms with Gasteiger partial charge in [0.15, 0.2) is 9.84 Å². The molecule has 0 spiro atoms. The smallest absolute Gasteiger partial charge is 0.177 e. The van der Waals surface area contributed by atoms with Gasteiger partial charge in [0.05, 0.1) is 11.5 Å². The number of pyridine rings is 1. The summed E-state index contributed by atoms with van der Waals surface area (Å²) in [5, 5.41) is 13.0. The van der Waals surface area contributed by atoms with Crippen molar-refractivity contribution in [2.75, 3.05) is 43.9 Å². The van der Waals surface area contributed by atoms with Crippen LogP contribution in [0.2, 0.25) is 0 Å². The molecule has 3 rings (SSSR count). The van der Waals surface area contributed by atoms with E-state index < -0.39 is 9.84 Å². The van der Waals surface area contributed by atoms with E-state index >= 15 is 0 Å². The summed E-state index contributed by atoms with van der Waals surface area (Å²) in [5.74, 6) is 1.20. The second-order valence-corrected chi connectivity index (χ2v) is 7.87. The highest BCUT2D eigenvalue weighted by molar-refractivity contribution is 7.90. The molecular formula is C13H21Cl2N3O3S. The third-order valence-electron chi connectivity index (χ3n) is 4.47. The summed E-state index contributed by atoms with van der Waals surface area (Å²) in [6.45, 7) is 3.51. The number of hydrogen-bond acceptors (Lipinski definition) is 6. The van der Waals surface area contributed by atoms with Gasteiger partial charge in [-0.05, 0) is 18.1 Å². The van der Waals surface area contributed by atoms with Crippen LogP contribution in [0.1, 0.15) is 0 Å². The molecule has 2 atom stereocenters. The topological polar surface area (TPSA) is 82.5 Å². The maximum Gasteiger partial charge on any atom is 0.177 e. The molecule has 2 aliphatic heterocycles. The fourth-order valence-corrected chi connectivity index (χ4v) is 3.76. The van der Waals surface area contributed by atoms with Crippen LogP contribution in [0.25, 0.3) is 0 Å². The molecule has 9 heteroatoms. The average Bonchev–Trinajstić information content (AvgIpc) is 2.94. The van der Waals surface area contributed by atoms with Crippen molar-refractivity contribution in [3.63, 3.8) is 0 Å². The maximum atomic E-state index is 11.4. The van der Waals surface area contributed by atoms with Gasteiger partial charge in [-0.2, -0.15) is 0 Å². The Hall–Kier alpha value is -0.600. The highest BCUT2D eigenvalue weighted by Gasteiger charge is 2.49. The molecule has 0 amide bonds. The fourth-order valence-electron chi connectivity index (χ4n) is 3.20. The van der Waals surface area contributed by atoms with Gasteiger partial charge in [0.2, 0.25) is 0 Å². The molecule has 0 saturated carbocycles. The third-order valence-corrected chi connectivity index (χ3v) is 5.57. The van der Waals surface area contributed by atoms with Crippen molar-refractivity contribution < 1.29 is 13.5 Å². The first-order valence-electron chi connectivity index (χ1n) is 6.67. The molecule has 2 unspecified atom stereocenters. The second kappa shape index (κ2) is 6.88. The van der Waals surface area contributed by atoms with Crippen molar-refractivity contribution >= 4 is 40.5 Å². The Labute approximate surface area is 143 Å². The van der Waals surface area contributed by atoms with Crippen molar-refractivity contribution in [1.82, 2.24) is 10.3 Å². The molecule has 6 nitrogen and oxygen atoms in total. The van der Waals surface area contributed by atoms with Crippen molar-refractivity contribution in [3.8, 4) is 0 Å². The van der Waals surface area contributed by atoms with Crippen LogP contribution in [0.5, 0.6) is 0 Å². The molecule has 0 radical (unpaired) electrons. The van der Waals surface area contributed by atoms with Crippen LogP contribution < -0.4 is 10.2 Å². The highest BCUT2D eigenvalue weighted by Crippen LogP contribution is 2.39. The minimum absolute atomic E-state index is 0. The zero-order valence-corrected chi connectivity index (χ0v) is 14.7. The zero-order valence-electron chi connectivity index (χ0n) is 12.2. The van der Waals surface area contributed by atoms with Gasteiger partial charge in [0.25, 0.3) is 0 Å². The quantitative estimate of drug-likeness (QED) is 0.799. The lowest BCUT2D eigenvalue weighted by Gasteiger charge is -2.25. The molecule has 1 aromatic rings. The van der Waals surface area contributed by atoms with E-state index in [1.165, 1.54) is 12.5 Å². The Morgan fingerprint density at radius 2 is 2.18 bits per heavy atom. The first-order chi connectivity index (χ1) is 9.44. The monoisotopic (exact) mass is 369 g/mol. The molecule has 126 valence electrons. The predicted molar refractivity (Wildman–Crippen MR) is 89.9 cm³/mol. The van der Waals surface area contributed by atoms with Gasteiger partial charge < -0.3 is 15.3 Å². The first kappa shape index (κ1) is 19.4. The average molecular weight is 370 g/mol. The molecule has 0 aromatic carbocycles. The molecule has 0 aliphatic carbocycles. The Bertz CT molecular complexity index is 611. The molecule has 0 bridgehead atoms. The van der Waals surface area contributed by atoms with Crippen LogP contribution in [0.4, 0.5) is 5.82 Å². The summed E-state index contributed by atoms with van der Waals surface area (Å²) in [7, 11) is -3.21. The first-order valence-corrected chi connectivity index (χ1v) is 8.56. The summed E-state index contributed by atoms with van der Waals surface area (Å²) in [6, 6.07) is 3.34. The van der Waals surface area contributed by atoms with Crippen LogP contribution in [-0.2, 0) is 9.84 Å². The molecule has 22 heavy (non-hydrogen) atoms. The lowest BCUT2D eigenvalue weighted by atomic mass is 9.82. The number of anilines is 1. The van der Waals surface area contributed by atoms with Crippen LogP contribution in [0.3, 0.4) is 0 Å². The van der Waals surface area contributed by atoms with E-state index in [0.717, 1.165) is 32.0 Å². The molecule has 2 aliphatic rings. The summed E-state index contributed by atoms with van der Waals surface area (Å²) in [5.41, 5.74) is -0.0861. The van der Waals surface area contributed by atoms with E-state index in [9.17, 15) is 13.5 Å². The van der Waals surface area contributed by atoms with Gasteiger partial charge >= 0.3 is 0 Å².